The lowest BCUT2D eigenvalue weighted by atomic mass is 10.2. The first-order valence-corrected chi connectivity index (χ1v) is 10.4. The second-order valence-electron chi connectivity index (χ2n) is 6.74. The molecule has 0 atom stereocenters. The maximum Gasteiger partial charge on any atom is 0.233 e. The van der Waals surface area contributed by atoms with Gasteiger partial charge in [-0.2, -0.15) is 0 Å². The Morgan fingerprint density at radius 1 is 1.24 bits per heavy atom. The lowest BCUT2D eigenvalue weighted by molar-refractivity contribution is -0.129. The third-order valence-corrected chi connectivity index (χ3v) is 5.75. The van der Waals surface area contributed by atoms with Crippen LogP contribution in [0.4, 0.5) is 8.78 Å². The topological polar surface area (TPSA) is 51.0 Å². The maximum atomic E-state index is 14.0. The number of carbonyl (C=O) groups excluding carboxylic acids is 1. The summed E-state index contributed by atoms with van der Waals surface area (Å²) in [5.74, 6) is -1.26. The quantitative estimate of drug-likeness (QED) is 0.514. The largest absolute Gasteiger partial charge is 0.335 e. The molecule has 150 valence electrons. The summed E-state index contributed by atoms with van der Waals surface area (Å²) in [6.07, 6.45) is 3.33. The fourth-order valence-electron chi connectivity index (χ4n) is 2.98. The summed E-state index contributed by atoms with van der Waals surface area (Å²) in [4.78, 5) is 14.5. The molecule has 0 spiro atoms. The molecular formula is C20H17ClF2N4OS. The van der Waals surface area contributed by atoms with Gasteiger partial charge in [-0.25, -0.2) is 8.78 Å². The van der Waals surface area contributed by atoms with Gasteiger partial charge in [-0.15, -0.1) is 10.2 Å². The maximum absolute atomic E-state index is 14.0. The average Bonchev–Trinajstić information content (AvgIpc) is 3.42. The van der Waals surface area contributed by atoms with E-state index in [-0.39, 0.29) is 24.2 Å². The molecule has 1 amide bonds. The van der Waals surface area contributed by atoms with E-state index in [2.05, 4.69) is 10.2 Å². The molecule has 3 aromatic rings. The van der Waals surface area contributed by atoms with Crippen LogP contribution in [-0.4, -0.2) is 37.4 Å². The molecule has 1 fully saturated rings. The third-order valence-electron chi connectivity index (χ3n) is 4.59. The van der Waals surface area contributed by atoms with Crippen molar-refractivity contribution in [1.29, 1.82) is 0 Å². The fourth-order valence-corrected chi connectivity index (χ4v) is 3.98. The zero-order valence-electron chi connectivity index (χ0n) is 15.3. The van der Waals surface area contributed by atoms with Crippen LogP contribution >= 0.6 is 23.4 Å². The van der Waals surface area contributed by atoms with Gasteiger partial charge in [-0.05, 0) is 37.1 Å². The molecule has 1 aliphatic rings. The van der Waals surface area contributed by atoms with Crippen molar-refractivity contribution < 1.29 is 13.6 Å². The number of thioether (sulfide) groups is 1. The van der Waals surface area contributed by atoms with Gasteiger partial charge in [0.1, 0.15) is 18.0 Å². The molecule has 0 unspecified atom stereocenters. The average molecular weight is 435 g/mol. The Bertz CT molecular complexity index is 1040. The first-order chi connectivity index (χ1) is 14.0. The number of carbonyl (C=O) groups is 1. The summed E-state index contributed by atoms with van der Waals surface area (Å²) in [7, 11) is 0. The van der Waals surface area contributed by atoms with Gasteiger partial charge in [-0.3, -0.25) is 9.36 Å². The number of amides is 1. The molecule has 1 saturated carbocycles. The molecule has 0 bridgehead atoms. The molecule has 4 rings (SSSR count). The van der Waals surface area contributed by atoms with Crippen molar-refractivity contribution in [2.45, 2.75) is 30.6 Å². The van der Waals surface area contributed by atoms with E-state index in [4.69, 9.17) is 11.6 Å². The molecule has 29 heavy (non-hydrogen) atoms. The second kappa shape index (κ2) is 8.51. The highest BCUT2D eigenvalue weighted by molar-refractivity contribution is 7.99. The standard InChI is InChI=1S/C20H17ClF2N4OS/c21-14-2-1-3-17(8-14)27-12-24-25-20(27)29-11-19(28)26(16-6-7-16)10-13-4-5-15(22)9-18(13)23/h1-5,8-9,12,16H,6-7,10-11H2. The summed E-state index contributed by atoms with van der Waals surface area (Å²) in [5.41, 5.74) is 1.10. The Morgan fingerprint density at radius 3 is 2.79 bits per heavy atom. The Labute approximate surface area is 175 Å². The van der Waals surface area contributed by atoms with Gasteiger partial charge >= 0.3 is 0 Å². The molecule has 9 heteroatoms. The van der Waals surface area contributed by atoms with Gasteiger partial charge < -0.3 is 4.90 Å². The van der Waals surface area contributed by atoms with E-state index in [1.54, 1.807) is 27.9 Å². The van der Waals surface area contributed by atoms with E-state index in [0.717, 1.165) is 24.6 Å². The zero-order chi connectivity index (χ0) is 20.4. The smallest absolute Gasteiger partial charge is 0.233 e. The molecule has 0 N–H and O–H groups in total. The van der Waals surface area contributed by atoms with Crippen molar-refractivity contribution in [2.75, 3.05) is 5.75 Å². The predicted molar refractivity (Wildman–Crippen MR) is 107 cm³/mol. The summed E-state index contributed by atoms with van der Waals surface area (Å²) in [6, 6.07) is 10.8. The SMILES string of the molecule is O=C(CSc1nncn1-c1cccc(Cl)c1)N(Cc1ccc(F)cc1F)C1CC1. The molecule has 0 aliphatic heterocycles. The Kier molecular flexibility index (Phi) is 5.82. The number of rotatable bonds is 7. The highest BCUT2D eigenvalue weighted by atomic mass is 35.5. The van der Waals surface area contributed by atoms with Crippen LogP contribution in [0.3, 0.4) is 0 Å². The van der Waals surface area contributed by atoms with Crippen LogP contribution in [-0.2, 0) is 11.3 Å². The second-order valence-corrected chi connectivity index (χ2v) is 8.12. The number of benzene rings is 2. The van der Waals surface area contributed by atoms with Gasteiger partial charge in [0.25, 0.3) is 0 Å². The van der Waals surface area contributed by atoms with Crippen molar-refractivity contribution in [3.05, 3.63) is 71.0 Å². The van der Waals surface area contributed by atoms with E-state index >= 15 is 0 Å². The number of aromatic nitrogens is 3. The minimum atomic E-state index is -0.642. The molecule has 1 aliphatic carbocycles. The Morgan fingerprint density at radius 2 is 2.07 bits per heavy atom. The molecule has 0 saturated heterocycles. The summed E-state index contributed by atoms with van der Waals surface area (Å²) < 4.78 is 28.9. The predicted octanol–water partition coefficient (Wildman–Crippen LogP) is 4.48. The summed E-state index contributed by atoms with van der Waals surface area (Å²) >= 11 is 7.30. The minimum absolute atomic E-state index is 0.0957. The van der Waals surface area contributed by atoms with Crippen molar-refractivity contribution in [3.63, 3.8) is 0 Å². The van der Waals surface area contributed by atoms with Crippen LogP contribution in [0.1, 0.15) is 18.4 Å². The van der Waals surface area contributed by atoms with E-state index in [9.17, 15) is 13.6 Å². The highest BCUT2D eigenvalue weighted by Crippen LogP contribution is 2.30. The molecule has 1 aromatic heterocycles. The lowest BCUT2D eigenvalue weighted by Crippen LogP contribution is -2.34. The van der Waals surface area contributed by atoms with Crippen LogP contribution in [0.2, 0.25) is 5.02 Å². The lowest BCUT2D eigenvalue weighted by Gasteiger charge is -2.22. The molecular weight excluding hydrogens is 418 g/mol. The normalized spacial score (nSPS) is 13.5. The van der Waals surface area contributed by atoms with Gasteiger partial charge in [0.05, 0.1) is 11.4 Å². The van der Waals surface area contributed by atoms with Crippen LogP contribution in [0.15, 0.2) is 53.9 Å². The highest BCUT2D eigenvalue weighted by Gasteiger charge is 2.33. The molecule has 2 aromatic carbocycles. The third kappa shape index (κ3) is 4.76. The summed E-state index contributed by atoms with van der Waals surface area (Å²) in [6.45, 7) is 0.122. The minimum Gasteiger partial charge on any atom is -0.335 e. The van der Waals surface area contributed by atoms with E-state index in [1.165, 1.54) is 23.9 Å². The Hall–Kier alpha value is -2.45. The van der Waals surface area contributed by atoms with Crippen LogP contribution in [0.25, 0.3) is 5.69 Å². The van der Waals surface area contributed by atoms with E-state index in [1.807, 2.05) is 12.1 Å². The van der Waals surface area contributed by atoms with Gasteiger partial charge in [-0.1, -0.05) is 35.5 Å². The molecule has 0 radical (unpaired) electrons. The number of halogens is 3. The van der Waals surface area contributed by atoms with Crippen LogP contribution in [0.5, 0.6) is 0 Å². The zero-order valence-corrected chi connectivity index (χ0v) is 16.8. The Balaban J connectivity index is 1.45. The van der Waals surface area contributed by atoms with Gasteiger partial charge in [0.15, 0.2) is 5.16 Å². The van der Waals surface area contributed by atoms with Gasteiger partial charge in [0, 0.05) is 29.2 Å². The number of hydrogen-bond donors (Lipinski definition) is 0. The first kappa shape index (κ1) is 19.8. The van der Waals surface area contributed by atoms with Crippen LogP contribution < -0.4 is 0 Å². The molecule has 5 nitrogen and oxygen atoms in total. The first-order valence-electron chi connectivity index (χ1n) is 9.03. The number of hydrogen-bond acceptors (Lipinski definition) is 4. The number of nitrogens with zero attached hydrogens (tertiary/aromatic N) is 4. The van der Waals surface area contributed by atoms with Crippen molar-refractivity contribution in [1.82, 2.24) is 19.7 Å². The molecule has 1 heterocycles. The van der Waals surface area contributed by atoms with Crippen molar-refractivity contribution >= 4 is 29.3 Å². The van der Waals surface area contributed by atoms with E-state index < -0.39 is 11.6 Å². The van der Waals surface area contributed by atoms with Gasteiger partial charge in [0.2, 0.25) is 5.91 Å². The fraction of sp³-hybridized carbons (Fsp3) is 0.250. The van der Waals surface area contributed by atoms with Crippen molar-refractivity contribution in [3.8, 4) is 5.69 Å². The van der Waals surface area contributed by atoms with Crippen LogP contribution in [0, 0.1) is 11.6 Å². The summed E-state index contributed by atoms with van der Waals surface area (Å²) in [5, 5.41) is 9.15. The van der Waals surface area contributed by atoms with Crippen molar-refractivity contribution in [2.24, 2.45) is 0 Å². The monoisotopic (exact) mass is 434 g/mol. The van der Waals surface area contributed by atoms with E-state index in [0.29, 0.717) is 15.7 Å².